The highest BCUT2D eigenvalue weighted by molar-refractivity contribution is 5.96. The maximum absolute atomic E-state index is 13.3. The van der Waals surface area contributed by atoms with E-state index in [-0.39, 0.29) is 37.0 Å². The number of anilines is 2. The number of fused-ring (bicyclic) bond motifs is 1. The SMILES string of the molecule is CCN(C(=O)Cn1c(C)cc2ccccc21)c1c(N)n(Cc2ccccc2)c(=O)[nH]c1=O. The van der Waals surface area contributed by atoms with Crippen LogP contribution in [-0.4, -0.2) is 26.6 Å². The molecule has 8 heteroatoms. The number of carbonyl (C=O) groups excluding carboxylic acids is 1. The lowest BCUT2D eigenvalue weighted by molar-refractivity contribution is -0.119. The van der Waals surface area contributed by atoms with Crippen molar-refractivity contribution in [2.24, 2.45) is 0 Å². The van der Waals surface area contributed by atoms with Crippen LogP contribution < -0.4 is 21.9 Å². The van der Waals surface area contributed by atoms with Crippen LogP contribution in [-0.2, 0) is 17.9 Å². The molecule has 4 aromatic rings. The van der Waals surface area contributed by atoms with Gasteiger partial charge in [-0.3, -0.25) is 19.1 Å². The highest BCUT2D eigenvalue weighted by Crippen LogP contribution is 2.22. The zero-order chi connectivity index (χ0) is 22.8. The summed E-state index contributed by atoms with van der Waals surface area (Å²) in [6.07, 6.45) is 0. The predicted octanol–water partition coefficient (Wildman–Crippen LogP) is 2.48. The number of para-hydroxylation sites is 1. The number of benzene rings is 2. The van der Waals surface area contributed by atoms with Crippen molar-refractivity contribution in [3.8, 4) is 0 Å². The van der Waals surface area contributed by atoms with Crippen LogP contribution in [0.3, 0.4) is 0 Å². The number of nitrogens with zero attached hydrogens (tertiary/aromatic N) is 3. The molecule has 0 unspecified atom stereocenters. The van der Waals surface area contributed by atoms with E-state index in [1.165, 1.54) is 9.47 Å². The molecule has 0 atom stereocenters. The van der Waals surface area contributed by atoms with Gasteiger partial charge in [0.2, 0.25) is 5.91 Å². The topological polar surface area (TPSA) is 106 Å². The molecule has 0 aliphatic heterocycles. The number of aromatic amines is 1. The van der Waals surface area contributed by atoms with E-state index in [1.807, 2.05) is 72.2 Å². The molecule has 32 heavy (non-hydrogen) atoms. The van der Waals surface area contributed by atoms with Gasteiger partial charge < -0.3 is 15.2 Å². The van der Waals surface area contributed by atoms with Gasteiger partial charge in [-0.2, -0.15) is 0 Å². The molecule has 0 spiro atoms. The lowest BCUT2D eigenvalue weighted by Gasteiger charge is -2.24. The Kier molecular flexibility index (Phi) is 5.68. The quantitative estimate of drug-likeness (QED) is 0.489. The first-order valence-corrected chi connectivity index (χ1v) is 10.4. The van der Waals surface area contributed by atoms with Crippen molar-refractivity contribution >= 4 is 28.3 Å². The first-order valence-electron chi connectivity index (χ1n) is 10.4. The Hall–Kier alpha value is -4.07. The standard InChI is InChI=1S/C24H25N5O3/c1-3-27(20(30)15-28-16(2)13-18-11-7-8-12-19(18)28)21-22(25)29(24(32)26-23(21)31)14-17-9-5-4-6-10-17/h4-13H,3,14-15,25H2,1-2H3,(H,26,31,32). The van der Waals surface area contributed by atoms with E-state index in [0.29, 0.717) is 0 Å². The smallest absolute Gasteiger partial charge is 0.330 e. The minimum atomic E-state index is -0.680. The summed E-state index contributed by atoms with van der Waals surface area (Å²) in [6.45, 7) is 4.16. The number of hydrogen-bond donors (Lipinski definition) is 2. The highest BCUT2D eigenvalue weighted by atomic mass is 16.2. The Morgan fingerprint density at radius 2 is 1.72 bits per heavy atom. The number of nitrogens with one attached hydrogen (secondary N) is 1. The normalized spacial score (nSPS) is 11.1. The van der Waals surface area contributed by atoms with Crippen LogP contribution in [0, 0.1) is 6.92 Å². The maximum atomic E-state index is 13.3. The molecule has 0 radical (unpaired) electrons. The number of nitrogens with two attached hydrogens (primary N) is 1. The zero-order valence-corrected chi connectivity index (χ0v) is 18.0. The van der Waals surface area contributed by atoms with Gasteiger partial charge in [0, 0.05) is 17.8 Å². The fourth-order valence-corrected chi connectivity index (χ4v) is 4.00. The highest BCUT2D eigenvalue weighted by Gasteiger charge is 2.24. The second-order valence-electron chi connectivity index (χ2n) is 7.63. The average Bonchev–Trinajstić information content (AvgIpc) is 3.09. The van der Waals surface area contributed by atoms with E-state index >= 15 is 0 Å². The van der Waals surface area contributed by atoms with Gasteiger partial charge in [0.25, 0.3) is 5.56 Å². The Labute approximate surface area is 184 Å². The molecule has 0 bridgehead atoms. The molecule has 0 aliphatic carbocycles. The van der Waals surface area contributed by atoms with Crippen molar-refractivity contribution in [1.82, 2.24) is 14.1 Å². The van der Waals surface area contributed by atoms with E-state index in [9.17, 15) is 14.4 Å². The molecule has 0 saturated carbocycles. The molecule has 1 amide bonds. The van der Waals surface area contributed by atoms with E-state index in [0.717, 1.165) is 22.2 Å². The summed E-state index contributed by atoms with van der Waals surface area (Å²) in [5.74, 6) is -0.328. The van der Waals surface area contributed by atoms with Gasteiger partial charge in [-0.25, -0.2) is 4.79 Å². The van der Waals surface area contributed by atoms with Gasteiger partial charge in [0.15, 0.2) is 5.69 Å². The van der Waals surface area contributed by atoms with Crippen molar-refractivity contribution in [2.45, 2.75) is 26.9 Å². The monoisotopic (exact) mass is 431 g/mol. The Balaban J connectivity index is 1.73. The van der Waals surface area contributed by atoms with Gasteiger partial charge in [-0.15, -0.1) is 0 Å². The third-order valence-electron chi connectivity index (χ3n) is 5.60. The Morgan fingerprint density at radius 1 is 1.03 bits per heavy atom. The van der Waals surface area contributed by atoms with Crippen molar-refractivity contribution in [2.75, 3.05) is 17.2 Å². The van der Waals surface area contributed by atoms with E-state index in [1.54, 1.807) is 6.92 Å². The molecule has 0 saturated heterocycles. The summed E-state index contributed by atoms with van der Waals surface area (Å²) in [4.78, 5) is 42.1. The van der Waals surface area contributed by atoms with Crippen LogP contribution in [0.2, 0.25) is 0 Å². The molecular weight excluding hydrogens is 406 g/mol. The lowest BCUT2D eigenvalue weighted by Crippen LogP contribution is -2.42. The maximum Gasteiger partial charge on any atom is 0.330 e. The van der Waals surface area contributed by atoms with Crippen LogP contribution >= 0.6 is 0 Å². The molecule has 164 valence electrons. The number of carbonyl (C=O) groups is 1. The molecule has 2 aromatic heterocycles. The Bertz CT molecular complexity index is 1400. The van der Waals surface area contributed by atoms with Gasteiger partial charge >= 0.3 is 5.69 Å². The summed E-state index contributed by atoms with van der Waals surface area (Å²) in [5.41, 5.74) is 7.70. The van der Waals surface area contributed by atoms with Crippen molar-refractivity contribution in [3.63, 3.8) is 0 Å². The summed E-state index contributed by atoms with van der Waals surface area (Å²) in [7, 11) is 0. The largest absolute Gasteiger partial charge is 0.383 e. The van der Waals surface area contributed by atoms with Crippen LogP contribution in [0.5, 0.6) is 0 Å². The summed E-state index contributed by atoms with van der Waals surface area (Å²) in [6, 6.07) is 19.1. The van der Waals surface area contributed by atoms with Crippen LogP contribution in [0.15, 0.2) is 70.3 Å². The van der Waals surface area contributed by atoms with Gasteiger partial charge in [0.1, 0.15) is 12.4 Å². The second kappa shape index (κ2) is 8.58. The number of amides is 1. The zero-order valence-electron chi connectivity index (χ0n) is 18.0. The number of H-pyrrole nitrogens is 1. The predicted molar refractivity (Wildman–Crippen MR) is 126 cm³/mol. The molecule has 8 nitrogen and oxygen atoms in total. The van der Waals surface area contributed by atoms with E-state index in [4.69, 9.17) is 5.73 Å². The molecule has 2 aromatic carbocycles. The molecule has 0 aliphatic rings. The number of likely N-dealkylation sites (N-methyl/N-ethyl adjacent to an activating group) is 1. The third kappa shape index (κ3) is 3.82. The fourth-order valence-electron chi connectivity index (χ4n) is 4.00. The summed E-state index contributed by atoms with van der Waals surface area (Å²) >= 11 is 0. The van der Waals surface area contributed by atoms with Crippen molar-refractivity contribution in [3.05, 3.63) is 92.8 Å². The van der Waals surface area contributed by atoms with Gasteiger partial charge in [0.05, 0.1) is 6.54 Å². The van der Waals surface area contributed by atoms with E-state index < -0.39 is 11.2 Å². The molecular formula is C24H25N5O3. The fraction of sp³-hybridized carbons (Fsp3) is 0.208. The molecule has 0 fully saturated rings. The number of aryl methyl sites for hydroxylation is 1. The van der Waals surface area contributed by atoms with E-state index in [2.05, 4.69) is 4.98 Å². The summed E-state index contributed by atoms with van der Waals surface area (Å²) in [5, 5.41) is 1.04. The minimum absolute atomic E-state index is 0.0119. The summed E-state index contributed by atoms with van der Waals surface area (Å²) < 4.78 is 3.18. The second-order valence-corrected chi connectivity index (χ2v) is 7.63. The van der Waals surface area contributed by atoms with Crippen molar-refractivity contribution in [1.29, 1.82) is 0 Å². The Morgan fingerprint density at radius 3 is 2.44 bits per heavy atom. The third-order valence-corrected chi connectivity index (χ3v) is 5.60. The average molecular weight is 431 g/mol. The van der Waals surface area contributed by atoms with Crippen LogP contribution in [0.1, 0.15) is 18.2 Å². The number of aromatic nitrogens is 3. The molecule has 2 heterocycles. The van der Waals surface area contributed by atoms with Crippen molar-refractivity contribution < 1.29 is 4.79 Å². The number of nitrogen functional groups attached to an aromatic ring is 1. The molecule has 3 N–H and O–H groups in total. The van der Waals surface area contributed by atoms with Crippen LogP contribution in [0.25, 0.3) is 10.9 Å². The number of hydrogen-bond acceptors (Lipinski definition) is 4. The minimum Gasteiger partial charge on any atom is -0.383 e. The van der Waals surface area contributed by atoms with Gasteiger partial charge in [-0.1, -0.05) is 48.5 Å². The first kappa shape index (κ1) is 21.2. The lowest BCUT2D eigenvalue weighted by atomic mass is 10.2. The van der Waals surface area contributed by atoms with Gasteiger partial charge in [-0.05, 0) is 36.9 Å². The van der Waals surface area contributed by atoms with Crippen LogP contribution in [0.4, 0.5) is 11.5 Å². The molecule has 4 rings (SSSR count). The first-order chi connectivity index (χ1) is 15.4. The number of rotatable bonds is 6.